The van der Waals surface area contributed by atoms with Crippen molar-refractivity contribution in [3.63, 3.8) is 0 Å². The lowest BCUT2D eigenvalue weighted by Crippen LogP contribution is -2.46. The Morgan fingerprint density at radius 2 is 1.83 bits per heavy atom. The normalized spacial score (nSPS) is 18.7. The standard InChI is InChI=1S/C22H21F3N2O2/c1-12-20(23)7-16(8-21(12)24)29-15-5-14(6-15)27-10-19-17-2-3-26-9-18(17)13(11-28)4-22(19)25/h2-4,7-9,14-15,27-28H,5-6,10-11H2,1H3. The molecule has 4 nitrogen and oxygen atoms in total. The summed E-state index contributed by atoms with van der Waals surface area (Å²) >= 11 is 0. The number of aliphatic hydroxyl groups is 1. The lowest BCUT2D eigenvalue weighted by Gasteiger charge is -2.36. The first-order chi connectivity index (χ1) is 14.0. The number of aromatic nitrogens is 1. The number of ether oxygens (including phenoxy) is 1. The molecular weight excluding hydrogens is 381 g/mol. The van der Waals surface area contributed by atoms with E-state index in [2.05, 4.69) is 10.3 Å². The number of halogens is 3. The van der Waals surface area contributed by atoms with Crippen molar-refractivity contribution >= 4 is 10.8 Å². The Morgan fingerprint density at radius 1 is 1.10 bits per heavy atom. The predicted octanol–water partition coefficient (Wildman–Crippen LogP) is 4.15. The monoisotopic (exact) mass is 402 g/mol. The minimum atomic E-state index is -0.628. The molecule has 1 aromatic heterocycles. The minimum absolute atomic E-state index is 0.0258. The Bertz CT molecular complexity index is 1030. The van der Waals surface area contributed by atoms with Gasteiger partial charge in [0.15, 0.2) is 0 Å². The van der Waals surface area contributed by atoms with Crippen LogP contribution < -0.4 is 10.1 Å². The zero-order valence-corrected chi connectivity index (χ0v) is 15.9. The van der Waals surface area contributed by atoms with Crippen molar-refractivity contribution in [3.05, 3.63) is 70.8 Å². The van der Waals surface area contributed by atoms with Crippen molar-refractivity contribution in [2.24, 2.45) is 0 Å². The van der Waals surface area contributed by atoms with Gasteiger partial charge in [-0.2, -0.15) is 0 Å². The Hall–Kier alpha value is -2.64. The molecule has 7 heteroatoms. The van der Waals surface area contributed by atoms with Crippen molar-refractivity contribution in [3.8, 4) is 5.75 Å². The van der Waals surface area contributed by atoms with Gasteiger partial charge in [-0.3, -0.25) is 4.98 Å². The van der Waals surface area contributed by atoms with E-state index in [4.69, 9.17) is 4.74 Å². The summed E-state index contributed by atoms with van der Waals surface area (Å²) in [6.07, 6.45) is 4.40. The number of nitrogens with one attached hydrogen (secondary N) is 1. The summed E-state index contributed by atoms with van der Waals surface area (Å²) in [5, 5.41) is 14.2. The summed E-state index contributed by atoms with van der Waals surface area (Å²) in [5.74, 6) is -1.45. The number of benzene rings is 2. The summed E-state index contributed by atoms with van der Waals surface area (Å²) in [6.45, 7) is 1.45. The number of aliphatic hydroxyl groups excluding tert-OH is 1. The van der Waals surface area contributed by atoms with Crippen LogP contribution in [0.5, 0.6) is 5.75 Å². The minimum Gasteiger partial charge on any atom is -0.490 e. The van der Waals surface area contributed by atoms with Crippen molar-refractivity contribution in [1.29, 1.82) is 0 Å². The number of nitrogens with zero attached hydrogens (tertiary/aromatic N) is 1. The van der Waals surface area contributed by atoms with Gasteiger partial charge in [0.1, 0.15) is 29.3 Å². The molecule has 0 radical (unpaired) electrons. The van der Waals surface area contributed by atoms with Crippen LogP contribution in [0.1, 0.15) is 29.5 Å². The molecule has 2 aromatic carbocycles. The first-order valence-corrected chi connectivity index (χ1v) is 9.46. The fourth-order valence-electron chi connectivity index (χ4n) is 3.63. The molecule has 2 N–H and O–H groups in total. The molecular formula is C22H21F3N2O2. The van der Waals surface area contributed by atoms with Crippen LogP contribution in [0.15, 0.2) is 36.7 Å². The van der Waals surface area contributed by atoms with E-state index in [1.807, 2.05) is 0 Å². The number of hydrogen-bond donors (Lipinski definition) is 2. The molecule has 1 aliphatic rings. The van der Waals surface area contributed by atoms with Crippen LogP contribution in [0.25, 0.3) is 10.8 Å². The average molecular weight is 402 g/mol. The van der Waals surface area contributed by atoms with Crippen molar-refractivity contribution in [1.82, 2.24) is 10.3 Å². The largest absolute Gasteiger partial charge is 0.490 e. The van der Waals surface area contributed by atoms with Crippen molar-refractivity contribution in [2.75, 3.05) is 0 Å². The molecule has 1 saturated carbocycles. The zero-order valence-electron chi connectivity index (χ0n) is 15.9. The van der Waals surface area contributed by atoms with E-state index in [1.54, 1.807) is 18.5 Å². The maximum atomic E-state index is 14.5. The molecule has 1 fully saturated rings. The Labute approximate surface area is 166 Å². The van der Waals surface area contributed by atoms with Gasteiger partial charge in [0.2, 0.25) is 0 Å². The Kier molecular flexibility index (Phi) is 5.43. The van der Waals surface area contributed by atoms with Crippen molar-refractivity contribution in [2.45, 2.75) is 45.1 Å². The summed E-state index contributed by atoms with van der Waals surface area (Å²) < 4.78 is 47.4. The highest BCUT2D eigenvalue weighted by Crippen LogP contribution is 2.30. The van der Waals surface area contributed by atoms with Crippen LogP contribution >= 0.6 is 0 Å². The fraction of sp³-hybridized carbons (Fsp3) is 0.318. The first kappa shape index (κ1) is 19.7. The van der Waals surface area contributed by atoms with Crippen LogP contribution in [0.3, 0.4) is 0 Å². The van der Waals surface area contributed by atoms with E-state index in [0.29, 0.717) is 35.9 Å². The van der Waals surface area contributed by atoms with Crippen LogP contribution in [0, 0.1) is 24.4 Å². The summed E-state index contributed by atoms with van der Waals surface area (Å²) in [5.41, 5.74) is 0.998. The highest BCUT2D eigenvalue weighted by Gasteiger charge is 2.31. The average Bonchev–Trinajstić information content (AvgIpc) is 2.68. The molecule has 0 unspecified atom stereocenters. The van der Waals surface area contributed by atoms with Gasteiger partial charge in [-0.15, -0.1) is 0 Å². The fourth-order valence-corrected chi connectivity index (χ4v) is 3.63. The van der Waals surface area contributed by atoms with Gasteiger partial charge in [0.05, 0.1) is 6.61 Å². The lowest BCUT2D eigenvalue weighted by atomic mass is 9.88. The second kappa shape index (κ2) is 8.00. The van der Waals surface area contributed by atoms with E-state index in [0.717, 1.165) is 5.39 Å². The predicted molar refractivity (Wildman–Crippen MR) is 103 cm³/mol. The summed E-state index contributed by atoms with van der Waals surface area (Å²) in [7, 11) is 0. The molecule has 0 amide bonds. The van der Waals surface area contributed by atoms with Crippen LogP contribution in [-0.4, -0.2) is 22.2 Å². The molecule has 0 saturated heterocycles. The molecule has 29 heavy (non-hydrogen) atoms. The van der Waals surface area contributed by atoms with Gasteiger partial charge >= 0.3 is 0 Å². The maximum absolute atomic E-state index is 14.5. The molecule has 0 spiro atoms. The molecule has 1 aliphatic carbocycles. The maximum Gasteiger partial charge on any atom is 0.132 e. The second-order valence-electron chi connectivity index (χ2n) is 7.38. The Balaban J connectivity index is 1.38. The molecule has 0 atom stereocenters. The van der Waals surface area contributed by atoms with Gasteiger partial charge in [-0.25, -0.2) is 13.2 Å². The van der Waals surface area contributed by atoms with E-state index in [-0.39, 0.29) is 35.9 Å². The van der Waals surface area contributed by atoms with E-state index >= 15 is 0 Å². The lowest BCUT2D eigenvalue weighted by molar-refractivity contribution is 0.0836. The molecule has 3 aromatic rings. The van der Waals surface area contributed by atoms with Crippen LogP contribution in [0.4, 0.5) is 13.2 Å². The molecule has 152 valence electrons. The molecule has 0 bridgehead atoms. The third-order valence-electron chi connectivity index (χ3n) is 5.47. The van der Waals surface area contributed by atoms with Crippen molar-refractivity contribution < 1.29 is 23.0 Å². The third kappa shape index (κ3) is 3.93. The van der Waals surface area contributed by atoms with E-state index in [9.17, 15) is 18.3 Å². The Morgan fingerprint density at radius 3 is 2.52 bits per heavy atom. The molecule has 0 aliphatic heterocycles. The van der Waals surface area contributed by atoms with E-state index in [1.165, 1.54) is 25.1 Å². The second-order valence-corrected chi connectivity index (χ2v) is 7.38. The number of hydrogen-bond acceptors (Lipinski definition) is 4. The van der Waals surface area contributed by atoms with Gasteiger partial charge < -0.3 is 15.2 Å². The quantitative estimate of drug-likeness (QED) is 0.650. The van der Waals surface area contributed by atoms with Gasteiger partial charge in [0.25, 0.3) is 0 Å². The number of fused-ring (bicyclic) bond motifs is 1. The number of pyridine rings is 1. The van der Waals surface area contributed by atoms with Gasteiger partial charge in [-0.1, -0.05) is 0 Å². The highest BCUT2D eigenvalue weighted by atomic mass is 19.1. The van der Waals surface area contributed by atoms with Gasteiger partial charge in [-0.05, 0) is 42.8 Å². The number of rotatable bonds is 6. The molecule has 1 heterocycles. The topological polar surface area (TPSA) is 54.4 Å². The molecule has 4 rings (SSSR count). The SMILES string of the molecule is Cc1c(F)cc(OC2CC(NCc3c(F)cc(CO)c4cnccc34)C2)cc1F. The summed E-state index contributed by atoms with van der Waals surface area (Å²) in [4.78, 5) is 4.06. The van der Waals surface area contributed by atoms with Crippen LogP contribution in [-0.2, 0) is 13.2 Å². The zero-order chi connectivity index (χ0) is 20.5. The van der Waals surface area contributed by atoms with Crippen LogP contribution in [0.2, 0.25) is 0 Å². The summed E-state index contributed by atoms with van der Waals surface area (Å²) in [6, 6.07) is 5.58. The highest BCUT2D eigenvalue weighted by molar-refractivity contribution is 5.88. The van der Waals surface area contributed by atoms with E-state index < -0.39 is 11.6 Å². The van der Waals surface area contributed by atoms with Gasteiger partial charge in [0, 0.05) is 53.6 Å². The third-order valence-corrected chi connectivity index (χ3v) is 5.47. The first-order valence-electron chi connectivity index (χ1n) is 9.46. The smallest absolute Gasteiger partial charge is 0.132 e.